The molecule has 25 heavy (non-hydrogen) atoms. The number of rotatable bonds is 6. The highest BCUT2D eigenvalue weighted by Gasteiger charge is 2.05. The van der Waals surface area contributed by atoms with Gasteiger partial charge in [0.05, 0.1) is 12.1 Å². The van der Waals surface area contributed by atoms with E-state index in [0.717, 1.165) is 11.4 Å². The van der Waals surface area contributed by atoms with Gasteiger partial charge in [-0.3, -0.25) is 0 Å². The molecule has 0 radical (unpaired) electrons. The van der Waals surface area contributed by atoms with Crippen LogP contribution in [0.3, 0.4) is 0 Å². The lowest BCUT2D eigenvalue weighted by Gasteiger charge is -2.19. The van der Waals surface area contributed by atoms with Gasteiger partial charge >= 0.3 is 0 Å². The summed E-state index contributed by atoms with van der Waals surface area (Å²) in [4.78, 5) is 2.10. The molecule has 0 aliphatic heterocycles. The Kier molecular flexibility index (Phi) is 5.51. The third-order valence-corrected chi connectivity index (χ3v) is 4.81. The summed E-state index contributed by atoms with van der Waals surface area (Å²) in [6, 6.07) is 27.4. The predicted molar refractivity (Wildman–Crippen MR) is 112 cm³/mol. The van der Waals surface area contributed by atoms with Crippen molar-refractivity contribution in [3.63, 3.8) is 0 Å². The SMILES string of the molecule is CN(C)c1ccc(NSN(C)c2cccc(-c3ccccc3)c2)cc1. The largest absolute Gasteiger partial charge is 0.378 e. The van der Waals surface area contributed by atoms with Crippen LogP contribution in [0.2, 0.25) is 0 Å². The van der Waals surface area contributed by atoms with Crippen molar-refractivity contribution in [1.82, 2.24) is 0 Å². The summed E-state index contributed by atoms with van der Waals surface area (Å²) < 4.78 is 5.52. The fourth-order valence-electron chi connectivity index (χ4n) is 2.51. The Hall–Kier alpha value is -2.59. The Balaban J connectivity index is 1.66. The van der Waals surface area contributed by atoms with Crippen molar-refractivity contribution < 1.29 is 0 Å². The average Bonchev–Trinajstić information content (AvgIpc) is 2.67. The van der Waals surface area contributed by atoms with Crippen molar-refractivity contribution in [1.29, 1.82) is 0 Å². The van der Waals surface area contributed by atoms with Crippen LogP contribution in [0.4, 0.5) is 17.1 Å². The predicted octanol–water partition coefficient (Wildman–Crippen LogP) is 5.53. The van der Waals surface area contributed by atoms with Gasteiger partial charge in [0.1, 0.15) is 0 Å². The molecule has 0 saturated heterocycles. The van der Waals surface area contributed by atoms with Crippen LogP contribution >= 0.6 is 12.1 Å². The molecule has 128 valence electrons. The molecule has 0 saturated carbocycles. The van der Waals surface area contributed by atoms with Gasteiger partial charge in [0, 0.05) is 38.2 Å². The molecule has 0 aliphatic carbocycles. The Morgan fingerprint density at radius 1 is 0.680 bits per heavy atom. The zero-order valence-corrected chi connectivity index (χ0v) is 15.6. The van der Waals surface area contributed by atoms with Gasteiger partial charge in [0.2, 0.25) is 0 Å². The average molecular weight is 350 g/mol. The molecule has 4 heteroatoms. The van der Waals surface area contributed by atoms with E-state index >= 15 is 0 Å². The smallest absolute Gasteiger partial charge is 0.0682 e. The topological polar surface area (TPSA) is 18.5 Å². The first-order chi connectivity index (χ1) is 12.1. The molecule has 3 aromatic carbocycles. The fourth-order valence-corrected chi connectivity index (χ4v) is 3.11. The molecule has 0 amide bonds. The van der Waals surface area contributed by atoms with Crippen LogP contribution in [0, 0.1) is 0 Å². The van der Waals surface area contributed by atoms with E-state index in [1.165, 1.54) is 16.8 Å². The van der Waals surface area contributed by atoms with Gasteiger partial charge in [0.15, 0.2) is 0 Å². The molecular weight excluding hydrogens is 326 g/mol. The quantitative estimate of drug-likeness (QED) is 0.589. The van der Waals surface area contributed by atoms with E-state index < -0.39 is 0 Å². The molecular formula is C21H23N3S. The minimum Gasteiger partial charge on any atom is -0.378 e. The van der Waals surface area contributed by atoms with E-state index in [2.05, 4.69) is 93.8 Å². The third-order valence-electron chi connectivity index (χ3n) is 4.00. The van der Waals surface area contributed by atoms with Crippen LogP contribution in [0.15, 0.2) is 78.9 Å². The van der Waals surface area contributed by atoms with Crippen molar-refractivity contribution in [2.45, 2.75) is 0 Å². The van der Waals surface area contributed by atoms with Crippen molar-refractivity contribution in [3.8, 4) is 11.1 Å². The molecule has 3 nitrogen and oxygen atoms in total. The minimum absolute atomic E-state index is 1.08. The fraction of sp³-hybridized carbons (Fsp3) is 0.143. The Morgan fingerprint density at radius 2 is 1.36 bits per heavy atom. The second kappa shape index (κ2) is 7.99. The Labute approximate surface area is 154 Å². The van der Waals surface area contributed by atoms with Crippen molar-refractivity contribution >= 4 is 29.2 Å². The summed E-state index contributed by atoms with van der Waals surface area (Å²) in [5.41, 5.74) is 5.89. The van der Waals surface area contributed by atoms with Gasteiger partial charge in [-0.2, -0.15) is 0 Å². The Morgan fingerprint density at radius 3 is 2.04 bits per heavy atom. The molecule has 0 fully saturated rings. The lowest BCUT2D eigenvalue weighted by atomic mass is 10.1. The van der Waals surface area contributed by atoms with Crippen LogP contribution < -0.4 is 13.9 Å². The molecule has 3 aromatic rings. The first-order valence-electron chi connectivity index (χ1n) is 8.23. The number of nitrogens with zero attached hydrogens (tertiary/aromatic N) is 2. The Bertz CT molecular complexity index is 801. The summed E-state index contributed by atoms with van der Waals surface area (Å²) in [5.74, 6) is 0. The van der Waals surface area contributed by atoms with Crippen LogP contribution in [0.5, 0.6) is 0 Å². The highest BCUT2D eigenvalue weighted by atomic mass is 32.2. The van der Waals surface area contributed by atoms with Crippen molar-refractivity contribution in [3.05, 3.63) is 78.9 Å². The second-order valence-corrected chi connectivity index (χ2v) is 6.98. The molecule has 0 aliphatic rings. The molecule has 0 bridgehead atoms. The summed E-state index contributed by atoms with van der Waals surface area (Å²) in [5, 5.41) is 0. The number of hydrogen-bond donors (Lipinski definition) is 1. The van der Waals surface area contributed by atoms with Crippen molar-refractivity contribution in [2.24, 2.45) is 0 Å². The molecule has 0 spiro atoms. The van der Waals surface area contributed by atoms with Crippen LogP contribution in [0.1, 0.15) is 0 Å². The van der Waals surface area contributed by atoms with Gasteiger partial charge < -0.3 is 13.9 Å². The lowest BCUT2D eigenvalue weighted by Crippen LogP contribution is -2.10. The van der Waals surface area contributed by atoms with Gasteiger partial charge in [-0.05, 0) is 47.5 Å². The number of hydrogen-bond acceptors (Lipinski definition) is 4. The molecule has 0 heterocycles. The van der Waals surface area contributed by atoms with Gasteiger partial charge in [-0.15, -0.1) is 0 Å². The molecule has 1 N–H and O–H groups in total. The molecule has 0 atom stereocenters. The normalized spacial score (nSPS) is 10.4. The van der Waals surface area contributed by atoms with Crippen LogP contribution in [0.25, 0.3) is 11.1 Å². The first kappa shape index (κ1) is 17.2. The molecule has 0 unspecified atom stereocenters. The zero-order chi connectivity index (χ0) is 17.6. The van der Waals surface area contributed by atoms with Crippen LogP contribution in [-0.2, 0) is 0 Å². The zero-order valence-electron chi connectivity index (χ0n) is 14.8. The second-order valence-electron chi connectivity index (χ2n) is 6.05. The maximum absolute atomic E-state index is 3.39. The summed E-state index contributed by atoms with van der Waals surface area (Å²) in [7, 11) is 6.16. The monoisotopic (exact) mass is 349 g/mol. The van der Waals surface area contributed by atoms with Crippen molar-refractivity contribution in [2.75, 3.05) is 35.1 Å². The van der Waals surface area contributed by atoms with Gasteiger partial charge in [-0.25, -0.2) is 0 Å². The standard InChI is InChI=1S/C21H23N3S/c1-23(2)20-14-12-19(13-15-20)22-25-24(3)21-11-7-10-18(16-21)17-8-5-4-6-9-17/h4-16,22H,1-3H3. The van der Waals surface area contributed by atoms with Gasteiger partial charge in [-0.1, -0.05) is 42.5 Å². The van der Waals surface area contributed by atoms with E-state index in [0.29, 0.717) is 0 Å². The number of benzene rings is 3. The van der Waals surface area contributed by atoms with E-state index in [4.69, 9.17) is 0 Å². The maximum atomic E-state index is 3.39. The lowest BCUT2D eigenvalue weighted by molar-refractivity contribution is 1.13. The van der Waals surface area contributed by atoms with Crippen LogP contribution in [-0.4, -0.2) is 21.1 Å². The van der Waals surface area contributed by atoms with E-state index in [-0.39, 0.29) is 0 Å². The van der Waals surface area contributed by atoms with Gasteiger partial charge in [0.25, 0.3) is 0 Å². The first-order valence-corrected chi connectivity index (χ1v) is 9.00. The number of nitrogens with one attached hydrogen (secondary N) is 1. The molecule has 3 rings (SSSR count). The summed E-state index contributed by atoms with van der Waals surface area (Å²) in [6.07, 6.45) is 0. The summed E-state index contributed by atoms with van der Waals surface area (Å²) in [6.45, 7) is 0. The number of anilines is 3. The maximum Gasteiger partial charge on any atom is 0.0682 e. The third kappa shape index (κ3) is 4.48. The van der Waals surface area contributed by atoms with E-state index in [1.54, 1.807) is 12.1 Å². The highest BCUT2D eigenvalue weighted by molar-refractivity contribution is 8.01. The molecule has 0 aromatic heterocycles. The summed E-state index contributed by atoms with van der Waals surface area (Å²) >= 11 is 1.57. The minimum atomic E-state index is 1.08. The van der Waals surface area contributed by atoms with E-state index in [1.807, 2.05) is 20.2 Å². The van der Waals surface area contributed by atoms with E-state index in [9.17, 15) is 0 Å². The highest BCUT2D eigenvalue weighted by Crippen LogP contribution is 2.28.